The summed E-state index contributed by atoms with van der Waals surface area (Å²) in [6, 6.07) is 1.97. The second-order valence-electron chi connectivity index (χ2n) is 3.32. The number of aryl methyl sites for hydroxylation is 1. The number of rotatable bonds is 3. The van der Waals surface area contributed by atoms with Gasteiger partial charge in [0.1, 0.15) is 5.76 Å². The van der Waals surface area contributed by atoms with Gasteiger partial charge in [0.25, 0.3) is 0 Å². The highest BCUT2D eigenvalue weighted by atomic mass is 16.3. The predicted octanol–water partition coefficient (Wildman–Crippen LogP) is 2.06. The topological polar surface area (TPSA) is 51.2 Å². The Morgan fingerprint density at radius 2 is 2.31 bits per heavy atom. The van der Waals surface area contributed by atoms with Gasteiger partial charge in [-0.25, -0.2) is 5.43 Å². The summed E-state index contributed by atoms with van der Waals surface area (Å²) in [5, 5.41) is 0. The first kappa shape index (κ1) is 10.0. The number of nitrogens with one attached hydrogen (secondary N) is 1. The Morgan fingerprint density at radius 3 is 2.69 bits per heavy atom. The Bertz CT molecular complexity index is 298. The highest BCUT2D eigenvalue weighted by molar-refractivity contribution is 5.25. The van der Waals surface area contributed by atoms with Crippen molar-refractivity contribution in [1.29, 1.82) is 0 Å². The molecule has 0 aliphatic rings. The van der Waals surface area contributed by atoms with E-state index in [0.29, 0.717) is 0 Å². The molecule has 0 fully saturated rings. The van der Waals surface area contributed by atoms with Crippen molar-refractivity contribution >= 4 is 0 Å². The molecule has 1 rings (SSSR count). The molecule has 1 heterocycles. The molecule has 0 aliphatic heterocycles. The smallest absolute Gasteiger partial charge is 0.105 e. The lowest BCUT2D eigenvalue weighted by molar-refractivity contribution is 0.521. The monoisotopic (exact) mass is 180 g/mol. The van der Waals surface area contributed by atoms with E-state index in [1.807, 2.05) is 26.8 Å². The first-order valence-corrected chi connectivity index (χ1v) is 4.30. The van der Waals surface area contributed by atoms with Gasteiger partial charge in [0.2, 0.25) is 0 Å². The van der Waals surface area contributed by atoms with Crippen LogP contribution in [0.4, 0.5) is 0 Å². The summed E-state index contributed by atoms with van der Waals surface area (Å²) in [7, 11) is 0. The Hall–Kier alpha value is -1.06. The third kappa shape index (κ3) is 2.44. The zero-order valence-corrected chi connectivity index (χ0v) is 8.29. The van der Waals surface area contributed by atoms with Gasteiger partial charge in [0, 0.05) is 5.56 Å². The van der Waals surface area contributed by atoms with Crippen LogP contribution in [0.1, 0.15) is 31.2 Å². The highest BCUT2D eigenvalue weighted by Gasteiger charge is 2.10. The molecule has 1 unspecified atom stereocenters. The number of furan rings is 1. The van der Waals surface area contributed by atoms with Crippen LogP contribution in [-0.4, -0.2) is 0 Å². The van der Waals surface area contributed by atoms with Gasteiger partial charge in [0.15, 0.2) is 0 Å². The number of allylic oxidation sites excluding steroid dienone is 1. The van der Waals surface area contributed by atoms with Gasteiger partial charge in [-0.05, 0) is 26.8 Å². The van der Waals surface area contributed by atoms with E-state index in [9.17, 15) is 0 Å². The molecular weight excluding hydrogens is 164 g/mol. The molecule has 0 aromatic carbocycles. The van der Waals surface area contributed by atoms with Gasteiger partial charge in [-0.1, -0.05) is 11.6 Å². The molecule has 13 heavy (non-hydrogen) atoms. The van der Waals surface area contributed by atoms with Crippen molar-refractivity contribution in [2.24, 2.45) is 5.84 Å². The number of hydrazine groups is 1. The maximum atomic E-state index is 5.44. The average molecular weight is 180 g/mol. The summed E-state index contributed by atoms with van der Waals surface area (Å²) in [6.45, 7) is 6.01. The SMILES string of the molecule is CC(C)=CC(NN)c1ccoc1C. The van der Waals surface area contributed by atoms with Gasteiger partial charge < -0.3 is 4.42 Å². The van der Waals surface area contributed by atoms with Crippen molar-refractivity contribution in [3.05, 3.63) is 35.3 Å². The van der Waals surface area contributed by atoms with Crippen molar-refractivity contribution in [3.8, 4) is 0 Å². The molecule has 0 saturated carbocycles. The van der Waals surface area contributed by atoms with Crippen LogP contribution in [0.2, 0.25) is 0 Å². The van der Waals surface area contributed by atoms with Crippen LogP contribution in [0.15, 0.2) is 28.4 Å². The highest BCUT2D eigenvalue weighted by Crippen LogP contribution is 2.19. The molecule has 0 saturated heterocycles. The molecule has 0 amide bonds. The van der Waals surface area contributed by atoms with Crippen LogP contribution in [0.25, 0.3) is 0 Å². The molecule has 3 heteroatoms. The zero-order chi connectivity index (χ0) is 9.84. The van der Waals surface area contributed by atoms with Crippen LogP contribution in [0.5, 0.6) is 0 Å². The predicted molar refractivity (Wildman–Crippen MR) is 52.9 cm³/mol. The van der Waals surface area contributed by atoms with Gasteiger partial charge in [0.05, 0.1) is 12.3 Å². The van der Waals surface area contributed by atoms with Gasteiger partial charge >= 0.3 is 0 Å². The number of hydrogen-bond donors (Lipinski definition) is 2. The molecule has 0 spiro atoms. The first-order valence-electron chi connectivity index (χ1n) is 4.30. The third-order valence-corrected chi connectivity index (χ3v) is 1.91. The quantitative estimate of drug-likeness (QED) is 0.425. The van der Waals surface area contributed by atoms with Gasteiger partial charge in [-0.2, -0.15) is 0 Å². The molecule has 0 aliphatic carbocycles. The van der Waals surface area contributed by atoms with Crippen LogP contribution >= 0.6 is 0 Å². The summed E-state index contributed by atoms with van der Waals surface area (Å²) >= 11 is 0. The lowest BCUT2D eigenvalue weighted by Gasteiger charge is -2.10. The summed E-state index contributed by atoms with van der Waals surface area (Å²) < 4.78 is 5.20. The fraction of sp³-hybridized carbons (Fsp3) is 0.400. The second-order valence-corrected chi connectivity index (χ2v) is 3.32. The molecule has 3 N–H and O–H groups in total. The zero-order valence-electron chi connectivity index (χ0n) is 8.29. The molecule has 1 aromatic heterocycles. The summed E-state index contributed by atoms with van der Waals surface area (Å²) in [4.78, 5) is 0. The third-order valence-electron chi connectivity index (χ3n) is 1.91. The summed E-state index contributed by atoms with van der Waals surface area (Å²) in [5.41, 5.74) is 5.05. The van der Waals surface area contributed by atoms with E-state index in [4.69, 9.17) is 10.3 Å². The minimum atomic E-state index is 0.0451. The van der Waals surface area contributed by atoms with E-state index in [1.165, 1.54) is 5.57 Å². The van der Waals surface area contributed by atoms with Crippen LogP contribution < -0.4 is 11.3 Å². The normalized spacial score (nSPS) is 12.6. The minimum Gasteiger partial charge on any atom is -0.469 e. The van der Waals surface area contributed by atoms with Crippen molar-refractivity contribution in [3.63, 3.8) is 0 Å². The van der Waals surface area contributed by atoms with E-state index in [1.54, 1.807) is 6.26 Å². The Kier molecular flexibility index (Phi) is 3.28. The number of nitrogens with two attached hydrogens (primary N) is 1. The summed E-state index contributed by atoms with van der Waals surface area (Å²) in [5.74, 6) is 6.35. The standard InChI is InChI=1S/C10H16N2O/c1-7(2)6-10(12-11)9-4-5-13-8(9)3/h4-6,10,12H,11H2,1-3H3. The largest absolute Gasteiger partial charge is 0.469 e. The van der Waals surface area contributed by atoms with Crippen molar-refractivity contribution < 1.29 is 4.42 Å². The lowest BCUT2D eigenvalue weighted by Crippen LogP contribution is -2.26. The fourth-order valence-corrected chi connectivity index (χ4v) is 1.28. The van der Waals surface area contributed by atoms with Crippen LogP contribution in [-0.2, 0) is 0 Å². The van der Waals surface area contributed by atoms with Crippen molar-refractivity contribution in [2.75, 3.05) is 0 Å². The van der Waals surface area contributed by atoms with E-state index in [-0.39, 0.29) is 6.04 Å². The molecule has 72 valence electrons. The second kappa shape index (κ2) is 4.25. The van der Waals surface area contributed by atoms with Gasteiger partial charge in [-0.3, -0.25) is 5.84 Å². The molecule has 1 atom stereocenters. The molecule has 1 aromatic rings. The van der Waals surface area contributed by atoms with E-state index < -0.39 is 0 Å². The summed E-state index contributed by atoms with van der Waals surface area (Å²) in [6.07, 6.45) is 3.74. The number of hydrogen-bond acceptors (Lipinski definition) is 3. The van der Waals surface area contributed by atoms with E-state index >= 15 is 0 Å². The molecular formula is C10H16N2O. The lowest BCUT2D eigenvalue weighted by atomic mass is 10.1. The fourth-order valence-electron chi connectivity index (χ4n) is 1.28. The Balaban J connectivity index is 2.91. The first-order chi connectivity index (χ1) is 6.15. The Morgan fingerprint density at radius 1 is 1.62 bits per heavy atom. The van der Waals surface area contributed by atoms with Crippen LogP contribution in [0, 0.1) is 6.92 Å². The van der Waals surface area contributed by atoms with Crippen molar-refractivity contribution in [2.45, 2.75) is 26.8 Å². The molecule has 0 radical (unpaired) electrons. The maximum Gasteiger partial charge on any atom is 0.105 e. The molecule has 3 nitrogen and oxygen atoms in total. The van der Waals surface area contributed by atoms with Crippen molar-refractivity contribution in [1.82, 2.24) is 5.43 Å². The van der Waals surface area contributed by atoms with E-state index in [2.05, 4.69) is 11.5 Å². The van der Waals surface area contributed by atoms with Gasteiger partial charge in [-0.15, -0.1) is 0 Å². The average Bonchev–Trinajstić information content (AvgIpc) is 2.47. The van der Waals surface area contributed by atoms with E-state index in [0.717, 1.165) is 11.3 Å². The molecule has 0 bridgehead atoms. The maximum absolute atomic E-state index is 5.44. The minimum absolute atomic E-state index is 0.0451. The Labute approximate surface area is 78.6 Å². The van der Waals surface area contributed by atoms with Crippen LogP contribution in [0.3, 0.4) is 0 Å².